The smallest absolute Gasteiger partial charge is 0.364 e. The van der Waals surface area contributed by atoms with Crippen LogP contribution in [0.3, 0.4) is 0 Å². The molecule has 0 radical (unpaired) electrons. The third-order valence-electron chi connectivity index (χ3n) is 9.73. The molecule has 3 rings (SSSR count). The first kappa shape index (κ1) is 39.0. The van der Waals surface area contributed by atoms with Crippen molar-refractivity contribution in [2.75, 3.05) is 19.0 Å². The Kier molecular flexibility index (Phi) is 11.3. The maximum Gasteiger partial charge on any atom is 0.364 e. The normalized spacial score (nSPS) is 16.5. The van der Waals surface area contributed by atoms with Crippen molar-refractivity contribution in [3.8, 4) is 5.75 Å². The summed E-state index contributed by atoms with van der Waals surface area (Å²) in [6.45, 7) is 17.8. The van der Waals surface area contributed by atoms with Gasteiger partial charge in [-0.15, -0.1) is 5.11 Å². The molecule has 0 saturated heterocycles. The van der Waals surface area contributed by atoms with Crippen LogP contribution in [-0.4, -0.2) is 53.9 Å². The molecule has 0 bridgehead atoms. The first-order valence-corrected chi connectivity index (χ1v) is 16.6. The number of benzene rings is 2. The van der Waals surface area contributed by atoms with Crippen LogP contribution in [0.1, 0.15) is 105 Å². The second-order valence-corrected chi connectivity index (χ2v) is 14.7. The molecule has 3 N–H and O–H groups in total. The van der Waals surface area contributed by atoms with Crippen LogP contribution in [-0.2, 0) is 40.3 Å². The highest BCUT2D eigenvalue weighted by Crippen LogP contribution is 2.49. The molecule has 1 heterocycles. The maximum atomic E-state index is 15.2. The molecule has 0 fully saturated rings. The third kappa shape index (κ3) is 7.29. The molecule has 5 amide bonds. The molecule has 2 aromatic carbocycles. The number of ether oxygens (including phenoxy) is 2. The minimum atomic E-state index is -2.48. The molecule has 0 saturated carbocycles. The number of rotatable bonds is 14. The van der Waals surface area contributed by atoms with E-state index in [4.69, 9.17) is 15.2 Å². The molecule has 0 aliphatic carbocycles. The van der Waals surface area contributed by atoms with E-state index in [1.807, 2.05) is 47.6 Å². The summed E-state index contributed by atoms with van der Waals surface area (Å²) in [5.41, 5.74) is 2.49. The van der Waals surface area contributed by atoms with Crippen LogP contribution in [0.4, 0.5) is 10.5 Å². The third-order valence-corrected chi connectivity index (χ3v) is 9.73. The minimum Gasteiger partial charge on any atom is -0.453 e. The fourth-order valence-electron chi connectivity index (χ4n) is 5.87. The van der Waals surface area contributed by atoms with Gasteiger partial charge in [0, 0.05) is 35.8 Å². The lowest BCUT2D eigenvalue weighted by molar-refractivity contribution is -0.183. The number of hydrogen-bond acceptors (Lipinski definition) is 7. The number of azo groups is 1. The van der Waals surface area contributed by atoms with E-state index in [0.29, 0.717) is 29.7 Å². The topological polar surface area (TPSA) is 170 Å². The number of nitrogens with one attached hydrogen (secondary N) is 1. The quantitative estimate of drug-likeness (QED) is 0.169. The first-order chi connectivity index (χ1) is 22.7. The van der Waals surface area contributed by atoms with Gasteiger partial charge in [-0.3, -0.25) is 24.1 Å². The van der Waals surface area contributed by atoms with Gasteiger partial charge in [0.1, 0.15) is 12.3 Å². The molecule has 0 spiro atoms. The standard InChI is InChI=1S/C37H51N5O7/c1-12-34(7,8)24-20-26(35(9,10)13-2)27(49-36(14-3,48-11)30(38)45)21-25(24)37(29(44)33(4,5)6,42-22-28(43)40-41-32(42)47)31(46)39-23-18-16-15-17-19-23/h15-21H,12-14,22H2,1-11H3,(H2,38,45)(H,39,46). The number of urea groups is 1. The Bertz CT molecular complexity index is 1640. The van der Waals surface area contributed by atoms with Crippen LogP contribution < -0.4 is 15.8 Å². The Morgan fingerprint density at radius 2 is 1.41 bits per heavy atom. The van der Waals surface area contributed by atoms with Gasteiger partial charge in [-0.25, -0.2) is 4.79 Å². The van der Waals surface area contributed by atoms with Gasteiger partial charge in [-0.2, -0.15) is 0 Å². The average molecular weight is 678 g/mol. The molecule has 1 aliphatic heterocycles. The summed E-state index contributed by atoms with van der Waals surface area (Å²) in [6, 6.07) is 10.8. The van der Waals surface area contributed by atoms with E-state index >= 15 is 9.59 Å². The van der Waals surface area contributed by atoms with Crippen LogP contribution in [0.2, 0.25) is 0 Å². The Morgan fingerprint density at radius 1 is 0.837 bits per heavy atom. The molecule has 12 heteroatoms. The molecule has 2 atom stereocenters. The number of methoxy groups -OCH3 is 1. The summed E-state index contributed by atoms with van der Waals surface area (Å²) in [7, 11) is 1.30. The van der Waals surface area contributed by atoms with Crippen molar-refractivity contribution in [1.29, 1.82) is 0 Å². The zero-order valence-electron chi connectivity index (χ0n) is 30.6. The van der Waals surface area contributed by atoms with Gasteiger partial charge in [0.25, 0.3) is 23.5 Å². The number of amides is 5. The van der Waals surface area contributed by atoms with Crippen molar-refractivity contribution in [1.82, 2.24) is 4.90 Å². The van der Waals surface area contributed by atoms with Crippen molar-refractivity contribution in [2.45, 2.75) is 111 Å². The lowest BCUT2D eigenvalue weighted by Gasteiger charge is -2.46. The van der Waals surface area contributed by atoms with E-state index in [0.717, 1.165) is 4.90 Å². The molecular weight excluding hydrogens is 626 g/mol. The molecule has 0 aromatic heterocycles. The summed E-state index contributed by atoms with van der Waals surface area (Å²) in [5.74, 6) is -5.05. The maximum absolute atomic E-state index is 15.2. The number of carbonyl (C=O) groups excluding carboxylic acids is 5. The second kappa shape index (κ2) is 14.2. The van der Waals surface area contributed by atoms with E-state index in [2.05, 4.69) is 15.5 Å². The van der Waals surface area contributed by atoms with Crippen molar-refractivity contribution in [3.05, 3.63) is 59.2 Å². The summed E-state index contributed by atoms with van der Waals surface area (Å²) >= 11 is 0. The Labute approximate surface area is 289 Å². The number of para-hydroxylation sites is 1. The minimum absolute atomic E-state index is 0.0302. The van der Waals surface area contributed by atoms with Gasteiger partial charge in [-0.1, -0.05) is 98.6 Å². The number of nitrogens with two attached hydrogens (primary N) is 1. The van der Waals surface area contributed by atoms with Crippen molar-refractivity contribution in [2.24, 2.45) is 21.4 Å². The molecule has 12 nitrogen and oxygen atoms in total. The lowest BCUT2D eigenvalue weighted by atomic mass is 9.66. The Balaban J connectivity index is 2.72. The van der Waals surface area contributed by atoms with E-state index in [1.54, 1.807) is 58.0 Å². The van der Waals surface area contributed by atoms with E-state index in [-0.39, 0.29) is 17.7 Å². The Morgan fingerprint density at radius 3 is 1.90 bits per heavy atom. The average Bonchev–Trinajstić information content (AvgIpc) is 3.05. The summed E-state index contributed by atoms with van der Waals surface area (Å²) < 4.78 is 12.1. The zero-order chi connectivity index (χ0) is 37.2. The molecule has 49 heavy (non-hydrogen) atoms. The van der Waals surface area contributed by atoms with Crippen LogP contribution in [0.25, 0.3) is 0 Å². The van der Waals surface area contributed by atoms with Gasteiger partial charge in [0.2, 0.25) is 5.54 Å². The number of anilines is 1. The molecule has 2 aromatic rings. The first-order valence-electron chi connectivity index (χ1n) is 16.6. The second-order valence-electron chi connectivity index (χ2n) is 14.7. The summed E-state index contributed by atoms with van der Waals surface area (Å²) in [4.78, 5) is 70.9. The SMILES string of the molecule is CCC(OC)(Oc1cc(C(C(=O)Nc2ccccc2)(C(=O)C(C)(C)C)N2CC(=O)N=NC2=O)c(C(C)(C)CC)cc1C(C)(C)CC)C(N)=O. The number of nitrogens with zero attached hydrogens (tertiary/aromatic N) is 3. The molecule has 1 aliphatic rings. The monoisotopic (exact) mass is 677 g/mol. The fourth-order valence-corrected chi connectivity index (χ4v) is 5.87. The molecule has 2 unspecified atom stereocenters. The number of hydrogen-bond donors (Lipinski definition) is 2. The highest BCUT2D eigenvalue weighted by atomic mass is 16.7. The predicted octanol–water partition coefficient (Wildman–Crippen LogP) is 6.54. The van der Waals surface area contributed by atoms with Crippen LogP contribution in [0, 0.1) is 5.41 Å². The summed E-state index contributed by atoms with van der Waals surface area (Å²) in [6.07, 6.45) is 1.22. The van der Waals surface area contributed by atoms with Crippen LogP contribution in [0.15, 0.2) is 52.7 Å². The largest absolute Gasteiger partial charge is 0.453 e. The highest BCUT2D eigenvalue weighted by Gasteiger charge is 2.60. The fraction of sp³-hybridized carbons (Fsp3) is 0.541. The molecular formula is C37H51N5O7. The van der Waals surface area contributed by atoms with Gasteiger partial charge in [-0.05, 0) is 47.4 Å². The van der Waals surface area contributed by atoms with Gasteiger partial charge in [0.15, 0.2) is 5.78 Å². The highest BCUT2D eigenvalue weighted by molar-refractivity contribution is 6.19. The van der Waals surface area contributed by atoms with Crippen molar-refractivity contribution in [3.63, 3.8) is 0 Å². The molecule has 266 valence electrons. The van der Waals surface area contributed by atoms with E-state index in [1.165, 1.54) is 13.2 Å². The van der Waals surface area contributed by atoms with Crippen molar-refractivity contribution < 1.29 is 33.4 Å². The van der Waals surface area contributed by atoms with Gasteiger partial charge < -0.3 is 20.5 Å². The van der Waals surface area contributed by atoms with Gasteiger partial charge in [0.05, 0.1) is 0 Å². The van der Waals surface area contributed by atoms with E-state index < -0.39 is 63.7 Å². The summed E-state index contributed by atoms with van der Waals surface area (Å²) in [5, 5.41) is 9.87. The number of Topliss-reactive ketones (excluding diaryl/α,β-unsaturated/α-hetero) is 1. The predicted molar refractivity (Wildman–Crippen MR) is 186 cm³/mol. The zero-order valence-corrected chi connectivity index (χ0v) is 30.6. The van der Waals surface area contributed by atoms with Gasteiger partial charge >= 0.3 is 6.03 Å². The number of primary amides is 1. The number of carbonyl (C=O) groups is 5. The van der Waals surface area contributed by atoms with E-state index in [9.17, 15) is 14.4 Å². The lowest BCUT2D eigenvalue weighted by Crippen LogP contribution is -2.65. The Hall–Kier alpha value is -4.45. The van der Waals surface area contributed by atoms with Crippen LogP contribution in [0.5, 0.6) is 5.75 Å². The van der Waals surface area contributed by atoms with Crippen molar-refractivity contribution >= 4 is 35.2 Å². The van der Waals surface area contributed by atoms with Crippen LogP contribution >= 0.6 is 0 Å². The number of ketones is 1.